The Balaban J connectivity index is 1.61. The van der Waals surface area contributed by atoms with E-state index >= 15 is 0 Å². The van der Waals surface area contributed by atoms with Crippen LogP contribution in [0.3, 0.4) is 0 Å². The average molecular weight is 411 g/mol. The lowest BCUT2D eigenvalue weighted by molar-refractivity contribution is -0.752. The molecule has 4 aliphatic rings. The molecule has 2 aliphatic carbocycles. The van der Waals surface area contributed by atoms with Crippen molar-refractivity contribution in [2.24, 2.45) is 0 Å². The second-order valence-electron chi connectivity index (χ2n) is 8.80. The van der Waals surface area contributed by atoms with Gasteiger partial charge in [-0.25, -0.2) is 0 Å². The maximum absolute atomic E-state index is 2.70. The molecule has 0 saturated heterocycles. The molecule has 0 aromatic carbocycles. The molecule has 0 fully saturated rings. The van der Waals surface area contributed by atoms with Crippen molar-refractivity contribution >= 4 is 23.5 Å². The van der Waals surface area contributed by atoms with Gasteiger partial charge < -0.3 is 0 Å². The van der Waals surface area contributed by atoms with Crippen LogP contribution in [0.15, 0.2) is 22.2 Å². The van der Waals surface area contributed by atoms with Gasteiger partial charge in [-0.1, -0.05) is 23.5 Å². The third kappa shape index (κ3) is 2.86. The maximum atomic E-state index is 2.70. The first-order chi connectivity index (χ1) is 13.9. The number of nitrogens with zero attached hydrogens (tertiary/aromatic N) is 2. The predicted octanol–water partition coefficient (Wildman–Crippen LogP) is 4.68. The molecule has 146 valence electrons. The molecule has 0 amide bonds. The Hall–Kier alpha value is -1.000. The SMILES string of the molecule is c1c2c(c3[n+](c1-c1cc4c(c5[n+]1CCCS5)CCCC4)CCCS3)CCCC2. The van der Waals surface area contributed by atoms with Crippen molar-refractivity contribution in [3.63, 3.8) is 0 Å². The first-order valence-electron chi connectivity index (χ1n) is 11.3. The van der Waals surface area contributed by atoms with E-state index in [4.69, 9.17) is 0 Å². The highest BCUT2D eigenvalue weighted by molar-refractivity contribution is 7.99. The van der Waals surface area contributed by atoms with Gasteiger partial charge in [0.25, 0.3) is 11.4 Å². The van der Waals surface area contributed by atoms with Gasteiger partial charge in [0.1, 0.15) is 0 Å². The lowest BCUT2D eigenvalue weighted by Gasteiger charge is -2.24. The van der Waals surface area contributed by atoms with Crippen LogP contribution in [-0.4, -0.2) is 11.5 Å². The summed E-state index contributed by atoms with van der Waals surface area (Å²) in [5.41, 5.74) is 9.70. The molecule has 4 heterocycles. The Bertz CT molecular complexity index is 873. The summed E-state index contributed by atoms with van der Waals surface area (Å²) >= 11 is 4.25. The van der Waals surface area contributed by atoms with Gasteiger partial charge in [0.2, 0.25) is 10.1 Å². The summed E-state index contributed by atoms with van der Waals surface area (Å²) in [5.74, 6) is 2.59. The molecule has 0 spiro atoms. The summed E-state index contributed by atoms with van der Waals surface area (Å²) in [7, 11) is 0. The van der Waals surface area contributed by atoms with Crippen molar-refractivity contribution in [2.45, 2.75) is 87.3 Å². The summed E-state index contributed by atoms with van der Waals surface area (Å²) < 4.78 is 5.41. The number of aromatic nitrogens is 2. The van der Waals surface area contributed by atoms with Crippen LogP contribution in [0.25, 0.3) is 11.4 Å². The Labute approximate surface area is 177 Å². The van der Waals surface area contributed by atoms with Crippen molar-refractivity contribution in [2.75, 3.05) is 11.5 Å². The van der Waals surface area contributed by atoms with Crippen molar-refractivity contribution in [3.8, 4) is 11.4 Å². The highest BCUT2D eigenvalue weighted by atomic mass is 32.2. The van der Waals surface area contributed by atoms with E-state index in [1.54, 1.807) is 32.3 Å². The molecule has 28 heavy (non-hydrogen) atoms. The first kappa shape index (κ1) is 17.8. The minimum atomic E-state index is 1.20. The van der Waals surface area contributed by atoms with Gasteiger partial charge in [0, 0.05) is 47.6 Å². The van der Waals surface area contributed by atoms with E-state index < -0.39 is 0 Å². The molecule has 4 heteroatoms. The van der Waals surface area contributed by atoms with E-state index in [1.807, 2.05) is 0 Å². The third-order valence-electron chi connectivity index (χ3n) is 7.02. The normalized spacial score (nSPS) is 20.7. The van der Waals surface area contributed by atoms with Gasteiger partial charge in [-0.3, -0.25) is 0 Å². The molecule has 2 aromatic rings. The molecular formula is C24H30N2S2+2. The minimum absolute atomic E-state index is 1.20. The van der Waals surface area contributed by atoms with Crippen LogP contribution in [0.1, 0.15) is 60.8 Å². The Morgan fingerprint density at radius 1 is 0.571 bits per heavy atom. The van der Waals surface area contributed by atoms with E-state index in [0.717, 1.165) is 0 Å². The number of hydrogen-bond donors (Lipinski definition) is 0. The van der Waals surface area contributed by atoms with Crippen LogP contribution >= 0.6 is 23.5 Å². The van der Waals surface area contributed by atoms with Gasteiger partial charge in [-0.2, -0.15) is 9.13 Å². The van der Waals surface area contributed by atoms with Gasteiger partial charge in [0.05, 0.1) is 0 Å². The van der Waals surface area contributed by atoms with E-state index in [9.17, 15) is 0 Å². The van der Waals surface area contributed by atoms with Crippen LogP contribution in [0.2, 0.25) is 0 Å². The van der Waals surface area contributed by atoms with Crippen LogP contribution in [0.4, 0.5) is 0 Å². The molecule has 6 rings (SSSR count). The monoisotopic (exact) mass is 410 g/mol. The van der Waals surface area contributed by atoms with Crippen molar-refractivity contribution in [3.05, 3.63) is 34.4 Å². The van der Waals surface area contributed by atoms with Crippen molar-refractivity contribution < 1.29 is 9.13 Å². The molecule has 2 aromatic heterocycles. The number of thioether (sulfide) groups is 2. The van der Waals surface area contributed by atoms with Gasteiger partial charge in [0.15, 0.2) is 13.1 Å². The molecule has 0 atom stereocenters. The number of hydrogen-bond acceptors (Lipinski definition) is 2. The van der Waals surface area contributed by atoms with E-state index in [0.29, 0.717) is 0 Å². The molecule has 2 nitrogen and oxygen atoms in total. The topological polar surface area (TPSA) is 7.76 Å². The maximum Gasteiger partial charge on any atom is 0.278 e. The van der Waals surface area contributed by atoms with Crippen molar-refractivity contribution in [1.29, 1.82) is 0 Å². The second kappa shape index (κ2) is 7.36. The van der Waals surface area contributed by atoms with Gasteiger partial charge in [-0.05, 0) is 62.5 Å². The summed E-state index contributed by atoms with van der Waals surface area (Å²) in [4.78, 5) is 0. The summed E-state index contributed by atoms with van der Waals surface area (Å²) in [5, 5.41) is 3.21. The van der Waals surface area contributed by atoms with Crippen LogP contribution in [0.5, 0.6) is 0 Å². The Kier molecular flexibility index (Phi) is 4.68. The number of pyridine rings is 2. The minimum Gasteiger partial charge on any atom is -0.181 e. The molecule has 0 bridgehead atoms. The highest BCUT2D eigenvalue weighted by Gasteiger charge is 2.37. The standard InChI is InChI=1S/C24H30N2S2/c1-3-9-19-17(7-1)15-21(25-11-5-13-27-23(19)25)22-16-18-8-2-4-10-20(18)24-26(22)12-6-14-28-24/h15-16H,1-14H2/q+2. The molecule has 0 saturated carbocycles. The van der Waals surface area contributed by atoms with Crippen LogP contribution in [0, 0.1) is 0 Å². The number of aryl methyl sites for hydroxylation is 2. The summed E-state index contributed by atoms with van der Waals surface area (Å²) in [6.45, 7) is 2.40. The molecule has 2 aliphatic heterocycles. The number of fused-ring (bicyclic) bond motifs is 6. The smallest absolute Gasteiger partial charge is 0.181 e. The third-order valence-corrected chi connectivity index (χ3v) is 9.49. The first-order valence-corrected chi connectivity index (χ1v) is 13.3. The number of rotatable bonds is 1. The Morgan fingerprint density at radius 2 is 1.04 bits per heavy atom. The fraction of sp³-hybridized carbons (Fsp3) is 0.583. The fourth-order valence-electron chi connectivity index (χ4n) is 5.68. The van der Waals surface area contributed by atoms with Crippen molar-refractivity contribution in [1.82, 2.24) is 0 Å². The average Bonchev–Trinajstić information content (AvgIpc) is 2.78. The Morgan fingerprint density at radius 3 is 1.54 bits per heavy atom. The van der Waals surface area contributed by atoms with Gasteiger partial charge >= 0.3 is 0 Å². The lowest BCUT2D eigenvalue weighted by atomic mass is 9.90. The molecule has 0 unspecified atom stereocenters. The van der Waals surface area contributed by atoms with Crippen LogP contribution in [-0.2, 0) is 38.8 Å². The highest BCUT2D eigenvalue weighted by Crippen LogP contribution is 2.37. The van der Waals surface area contributed by atoms with E-state index in [-0.39, 0.29) is 0 Å². The van der Waals surface area contributed by atoms with E-state index in [1.165, 1.54) is 100 Å². The van der Waals surface area contributed by atoms with Crippen LogP contribution < -0.4 is 9.13 Å². The zero-order chi connectivity index (χ0) is 18.5. The zero-order valence-corrected chi connectivity index (χ0v) is 18.4. The molecular weight excluding hydrogens is 380 g/mol. The van der Waals surface area contributed by atoms with Gasteiger partial charge in [-0.15, -0.1) is 0 Å². The quantitative estimate of drug-likeness (QED) is 0.631. The molecule has 0 radical (unpaired) electrons. The van der Waals surface area contributed by atoms with E-state index in [2.05, 4.69) is 44.8 Å². The largest absolute Gasteiger partial charge is 0.278 e. The summed E-state index contributed by atoms with van der Waals surface area (Å²) in [6, 6.07) is 5.20. The predicted molar refractivity (Wildman–Crippen MR) is 116 cm³/mol. The summed E-state index contributed by atoms with van der Waals surface area (Å²) in [6.07, 6.45) is 13.2. The zero-order valence-electron chi connectivity index (χ0n) is 16.8. The molecule has 0 N–H and O–H groups in total. The fourth-order valence-corrected chi connectivity index (χ4v) is 8.12. The lowest BCUT2D eigenvalue weighted by Crippen LogP contribution is -2.49. The second-order valence-corrected chi connectivity index (χ2v) is 11.0.